The normalized spacial score (nSPS) is 12.6. The Morgan fingerprint density at radius 1 is 1.22 bits per heavy atom. The van der Waals surface area contributed by atoms with Crippen LogP contribution in [0.25, 0.3) is 0 Å². The Hall–Kier alpha value is -3.15. The number of carbonyl (C=O) groups is 3. The lowest BCUT2D eigenvalue weighted by atomic mass is 10.1. The Balaban J connectivity index is 1.93. The molecule has 0 aromatic heterocycles. The number of rotatable bonds is 5. The number of Topliss-reactive ketones (excluding diaryl/α,β-unsaturated/α-hetero) is 1. The number of amides is 1. The van der Waals surface area contributed by atoms with Crippen molar-refractivity contribution in [2.24, 2.45) is 0 Å². The van der Waals surface area contributed by atoms with E-state index in [-0.39, 0.29) is 35.8 Å². The van der Waals surface area contributed by atoms with Gasteiger partial charge >= 0.3 is 0 Å². The van der Waals surface area contributed by atoms with Crippen molar-refractivity contribution in [1.82, 2.24) is 0 Å². The Kier molecular flexibility index (Phi) is 4.05. The molecule has 0 saturated carbocycles. The molecule has 1 heterocycles. The van der Waals surface area contributed by atoms with Gasteiger partial charge in [-0.2, -0.15) is 0 Å². The van der Waals surface area contributed by atoms with Gasteiger partial charge in [0.2, 0.25) is 5.78 Å². The zero-order valence-electron chi connectivity index (χ0n) is 12.1. The highest BCUT2D eigenvalue weighted by Crippen LogP contribution is 2.40. The van der Waals surface area contributed by atoms with E-state index in [1.807, 2.05) is 30.3 Å². The molecule has 0 bridgehead atoms. The van der Waals surface area contributed by atoms with Crippen LogP contribution in [-0.2, 0) is 16.2 Å². The predicted octanol–water partition coefficient (Wildman–Crippen LogP) is 1.98. The minimum atomic E-state index is -0.716. The van der Waals surface area contributed by atoms with E-state index in [1.165, 1.54) is 12.1 Å². The summed E-state index contributed by atoms with van der Waals surface area (Å²) in [6.45, 7) is 0.0817. The summed E-state index contributed by atoms with van der Waals surface area (Å²) in [6.07, 6.45) is 0.208. The second kappa shape index (κ2) is 6.31. The molecule has 1 aliphatic heterocycles. The smallest absolute Gasteiger partial charge is 0.262 e. The third kappa shape index (κ3) is 3.06. The van der Waals surface area contributed by atoms with E-state index in [4.69, 9.17) is 9.47 Å². The highest BCUT2D eigenvalue weighted by Gasteiger charge is 2.26. The molecule has 6 heteroatoms. The predicted molar refractivity (Wildman–Crippen MR) is 81.7 cm³/mol. The number of ketones is 1. The largest absolute Gasteiger partial charge is 0.487 e. The maximum atomic E-state index is 11.7. The molecule has 0 aliphatic carbocycles. The first-order chi connectivity index (χ1) is 11.2. The van der Waals surface area contributed by atoms with Gasteiger partial charge in [-0.05, 0) is 17.7 Å². The maximum Gasteiger partial charge on any atom is 0.262 e. The minimum Gasteiger partial charge on any atom is -0.487 e. The fraction of sp³-hybridized carbons (Fsp3) is 0.118. The van der Waals surface area contributed by atoms with Gasteiger partial charge in [0.25, 0.3) is 5.91 Å². The molecule has 0 unspecified atom stereocenters. The first kappa shape index (κ1) is 14.8. The molecular weight excluding hydrogens is 298 g/mol. The molecule has 6 nitrogen and oxygen atoms in total. The van der Waals surface area contributed by atoms with Crippen LogP contribution in [0.2, 0.25) is 0 Å². The monoisotopic (exact) mass is 311 g/mol. The van der Waals surface area contributed by atoms with E-state index in [2.05, 4.69) is 5.32 Å². The molecule has 116 valence electrons. The molecule has 2 aromatic rings. The van der Waals surface area contributed by atoms with Gasteiger partial charge < -0.3 is 14.8 Å². The van der Waals surface area contributed by atoms with Gasteiger partial charge in [-0.1, -0.05) is 30.3 Å². The number of hydrogen-bond donors (Lipinski definition) is 1. The average molecular weight is 311 g/mol. The SMILES string of the molecule is O=CC(=O)c1ccc(OCc2ccccc2)c2c1OCC(=O)N2. The fourth-order valence-electron chi connectivity index (χ4n) is 2.26. The molecule has 0 radical (unpaired) electrons. The van der Waals surface area contributed by atoms with Gasteiger partial charge in [-0.15, -0.1) is 0 Å². The summed E-state index contributed by atoms with van der Waals surface area (Å²) < 4.78 is 11.0. The Morgan fingerprint density at radius 2 is 2.00 bits per heavy atom. The van der Waals surface area contributed by atoms with Crippen LogP contribution >= 0.6 is 0 Å². The molecule has 0 atom stereocenters. The number of nitrogens with one attached hydrogen (secondary N) is 1. The lowest BCUT2D eigenvalue weighted by Crippen LogP contribution is -2.27. The lowest BCUT2D eigenvalue weighted by Gasteiger charge is -2.22. The van der Waals surface area contributed by atoms with E-state index in [0.29, 0.717) is 12.4 Å². The van der Waals surface area contributed by atoms with Crippen molar-refractivity contribution in [3.63, 3.8) is 0 Å². The zero-order chi connectivity index (χ0) is 16.2. The van der Waals surface area contributed by atoms with E-state index >= 15 is 0 Å². The van der Waals surface area contributed by atoms with Crippen LogP contribution in [0.5, 0.6) is 11.5 Å². The summed E-state index contributed by atoms with van der Waals surface area (Å²) in [5.41, 5.74) is 1.32. The van der Waals surface area contributed by atoms with E-state index < -0.39 is 5.78 Å². The van der Waals surface area contributed by atoms with Gasteiger partial charge in [0.1, 0.15) is 18.0 Å². The average Bonchev–Trinajstić information content (AvgIpc) is 2.59. The van der Waals surface area contributed by atoms with Crippen LogP contribution in [0.15, 0.2) is 42.5 Å². The molecule has 23 heavy (non-hydrogen) atoms. The molecule has 3 rings (SSSR count). The van der Waals surface area contributed by atoms with Crippen molar-refractivity contribution in [2.45, 2.75) is 6.61 Å². The fourth-order valence-corrected chi connectivity index (χ4v) is 2.26. The van der Waals surface area contributed by atoms with E-state index in [9.17, 15) is 14.4 Å². The maximum absolute atomic E-state index is 11.7. The summed E-state index contributed by atoms with van der Waals surface area (Å²) in [5.74, 6) is -0.531. The number of anilines is 1. The number of aldehydes is 1. The third-order valence-corrected chi connectivity index (χ3v) is 3.34. The van der Waals surface area contributed by atoms with Gasteiger partial charge in [0.05, 0.1) is 5.56 Å². The number of hydrogen-bond acceptors (Lipinski definition) is 5. The summed E-state index contributed by atoms with van der Waals surface area (Å²) in [7, 11) is 0. The molecule has 1 N–H and O–H groups in total. The lowest BCUT2D eigenvalue weighted by molar-refractivity contribution is -0.118. The first-order valence-corrected chi connectivity index (χ1v) is 6.95. The van der Waals surface area contributed by atoms with Crippen molar-refractivity contribution in [2.75, 3.05) is 11.9 Å². The zero-order valence-corrected chi connectivity index (χ0v) is 12.1. The number of benzene rings is 2. The molecule has 1 amide bonds. The van der Waals surface area contributed by atoms with E-state index in [1.54, 1.807) is 0 Å². The van der Waals surface area contributed by atoms with Crippen LogP contribution in [0.4, 0.5) is 5.69 Å². The van der Waals surface area contributed by atoms with Crippen molar-refractivity contribution < 1.29 is 23.9 Å². The second-order valence-corrected chi connectivity index (χ2v) is 4.91. The number of carbonyl (C=O) groups excluding carboxylic acids is 3. The van der Waals surface area contributed by atoms with Crippen LogP contribution in [0, 0.1) is 0 Å². The van der Waals surface area contributed by atoms with Crippen molar-refractivity contribution >= 4 is 23.7 Å². The van der Waals surface area contributed by atoms with Gasteiger partial charge in [-0.3, -0.25) is 14.4 Å². The summed E-state index contributed by atoms with van der Waals surface area (Å²) in [5, 5.41) is 2.63. The topological polar surface area (TPSA) is 81.7 Å². The van der Waals surface area contributed by atoms with Crippen molar-refractivity contribution in [1.29, 1.82) is 0 Å². The Morgan fingerprint density at radius 3 is 2.74 bits per heavy atom. The van der Waals surface area contributed by atoms with Crippen LogP contribution in [0.1, 0.15) is 15.9 Å². The summed E-state index contributed by atoms with van der Waals surface area (Å²) in [4.78, 5) is 33.9. The standard InChI is InChI=1S/C17H13NO5/c19-8-13(20)12-6-7-14(16-17(12)23-10-15(21)18-16)22-9-11-4-2-1-3-5-11/h1-8H,9-10H2,(H,18,21). The molecule has 0 saturated heterocycles. The quantitative estimate of drug-likeness (QED) is 0.519. The number of fused-ring (bicyclic) bond motifs is 1. The number of ether oxygens (including phenoxy) is 2. The molecule has 0 spiro atoms. The van der Waals surface area contributed by atoms with Crippen molar-refractivity contribution in [3.8, 4) is 11.5 Å². The summed E-state index contributed by atoms with van der Waals surface area (Å²) >= 11 is 0. The summed E-state index contributed by atoms with van der Waals surface area (Å²) in [6, 6.07) is 12.5. The third-order valence-electron chi connectivity index (χ3n) is 3.34. The molecular formula is C17H13NO5. The highest BCUT2D eigenvalue weighted by molar-refractivity contribution is 6.34. The van der Waals surface area contributed by atoms with Crippen LogP contribution in [0.3, 0.4) is 0 Å². The second-order valence-electron chi connectivity index (χ2n) is 4.91. The van der Waals surface area contributed by atoms with Gasteiger partial charge in [0, 0.05) is 0 Å². The molecule has 0 fully saturated rings. The molecule has 1 aliphatic rings. The van der Waals surface area contributed by atoms with Crippen molar-refractivity contribution in [3.05, 3.63) is 53.6 Å². The van der Waals surface area contributed by atoms with Gasteiger partial charge in [0.15, 0.2) is 18.6 Å². The van der Waals surface area contributed by atoms with E-state index in [0.717, 1.165) is 5.56 Å². The Bertz CT molecular complexity index is 770. The highest BCUT2D eigenvalue weighted by atomic mass is 16.5. The van der Waals surface area contributed by atoms with Crippen LogP contribution < -0.4 is 14.8 Å². The van der Waals surface area contributed by atoms with Crippen LogP contribution in [-0.4, -0.2) is 24.6 Å². The Labute approximate surface area is 132 Å². The minimum absolute atomic E-state index is 0.0991. The van der Waals surface area contributed by atoms with Gasteiger partial charge in [-0.25, -0.2) is 0 Å². The molecule has 2 aromatic carbocycles. The first-order valence-electron chi connectivity index (χ1n) is 6.95.